The number of phenolic OH excluding ortho intramolecular Hbond substituents is 1. The number of nitrogens with one attached hydrogen (secondary N) is 2. The Kier molecular flexibility index (Phi) is 16.5. The molecule has 7 atom stereocenters. The smallest absolute Gasteiger partial charge is 0.237 e. The molecule has 13 nitrogen and oxygen atoms in total. The summed E-state index contributed by atoms with van der Waals surface area (Å²) in [4.78, 5) is 69.0. The van der Waals surface area contributed by atoms with Crippen LogP contribution in [0.1, 0.15) is 146 Å². The number of nitrogens with two attached hydrogens (primary N) is 3. The maximum Gasteiger partial charge on any atom is 0.237 e. The van der Waals surface area contributed by atoms with Crippen molar-refractivity contribution in [1.82, 2.24) is 20.3 Å². The average molecular weight is 774 g/mol. The number of rotatable bonds is 21. The van der Waals surface area contributed by atoms with Crippen LogP contribution in [0, 0.1) is 23.7 Å². The molecule has 2 heterocycles. The minimum Gasteiger partial charge on any atom is -0.508 e. The Hall–Kier alpha value is -4.30. The number of aliphatic hydroxyl groups excluding tert-OH is 1. The summed E-state index contributed by atoms with van der Waals surface area (Å²) in [6.45, 7) is 9.15. The van der Waals surface area contributed by atoms with Crippen molar-refractivity contribution < 1.29 is 29.4 Å². The molecule has 306 valence electrons. The van der Waals surface area contributed by atoms with E-state index in [-0.39, 0.29) is 71.7 Å². The van der Waals surface area contributed by atoms with Crippen LogP contribution in [0.15, 0.2) is 43.0 Å². The zero-order chi connectivity index (χ0) is 41.1. The Morgan fingerprint density at radius 1 is 0.946 bits per heavy atom. The Labute approximate surface area is 331 Å². The fourth-order valence-electron chi connectivity index (χ4n) is 7.72. The number of pyridine rings is 1. The van der Waals surface area contributed by atoms with Crippen LogP contribution in [-0.2, 0) is 17.8 Å². The fourth-order valence-corrected chi connectivity index (χ4v) is 7.72. The largest absolute Gasteiger partial charge is 0.508 e. The van der Waals surface area contributed by atoms with E-state index in [4.69, 9.17) is 17.2 Å². The molecule has 1 amide bonds. The summed E-state index contributed by atoms with van der Waals surface area (Å²) >= 11 is 0. The molecule has 0 aliphatic heterocycles. The molecule has 0 saturated heterocycles. The molecule has 1 aromatic carbocycles. The number of Topliss-reactive ketones (excluding diaryl/α,β-unsaturated/α-hetero) is 3. The van der Waals surface area contributed by atoms with Gasteiger partial charge < -0.3 is 37.7 Å². The van der Waals surface area contributed by atoms with Crippen molar-refractivity contribution in [3.63, 3.8) is 0 Å². The number of phenols is 1. The molecule has 2 unspecified atom stereocenters. The Morgan fingerprint density at radius 2 is 1.62 bits per heavy atom. The number of carbonyl (C=O) groups is 4. The maximum atomic E-state index is 14.8. The third-order valence-electron chi connectivity index (χ3n) is 11.7. The van der Waals surface area contributed by atoms with Gasteiger partial charge >= 0.3 is 0 Å². The summed E-state index contributed by atoms with van der Waals surface area (Å²) in [5.74, 6) is -3.05. The molecule has 13 heteroatoms. The summed E-state index contributed by atoms with van der Waals surface area (Å²) in [6, 6.07) is 3.95. The highest BCUT2D eigenvalue weighted by Gasteiger charge is 2.36. The van der Waals surface area contributed by atoms with E-state index in [1.165, 1.54) is 31.1 Å². The molecule has 2 aromatic heterocycles. The second kappa shape index (κ2) is 20.7. The van der Waals surface area contributed by atoms with Gasteiger partial charge in [-0.25, -0.2) is 4.98 Å². The quantitative estimate of drug-likeness (QED) is 0.0700. The van der Waals surface area contributed by atoms with E-state index in [2.05, 4.69) is 20.3 Å². The molecule has 56 heavy (non-hydrogen) atoms. The lowest BCUT2D eigenvalue weighted by Gasteiger charge is -2.30. The predicted molar refractivity (Wildman–Crippen MR) is 216 cm³/mol. The van der Waals surface area contributed by atoms with Crippen molar-refractivity contribution in [2.45, 2.75) is 136 Å². The van der Waals surface area contributed by atoms with E-state index in [0.29, 0.717) is 24.5 Å². The number of imidazole rings is 1. The van der Waals surface area contributed by atoms with Crippen molar-refractivity contribution in [2.24, 2.45) is 40.9 Å². The number of H-pyrrole nitrogens is 1. The van der Waals surface area contributed by atoms with Gasteiger partial charge in [-0.15, -0.1) is 0 Å². The molecule has 0 radical (unpaired) electrons. The van der Waals surface area contributed by atoms with Gasteiger partial charge in [0.1, 0.15) is 5.75 Å². The average Bonchev–Trinajstić information content (AvgIpc) is 3.70. The summed E-state index contributed by atoms with van der Waals surface area (Å²) in [5, 5.41) is 24.1. The molecule has 1 fully saturated rings. The van der Waals surface area contributed by atoms with E-state index in [1.54, 1.807) is 18.3 Å². The molecule has 1 aliphatic carbocycles. The third kappa shape index (κ3) is 11.6. The van der Waals surface area contributed by atoms with Crippen molar-refractivity contribution in [3.05, 3.63) is 76.6 Å². The Balaban J connectivity index is 1.81. The topological polar surface area (TPSA) is 240 Å². The molecule has 3 aromatic rings. The maximum absolute atomic E-state index is 14.8. The van der Waals surface area contributed by atoms with Gasteiger partial charge in [0, 0.05) is 48.3 Å². The van der Waals surface area contributed by atoms with Gasteiger partial charge in [0.2, 0.25) is 5.91 Å². The highest BCUT2D eigenvalue weighted by atomic mass is 16.3. The minimum atomic E-state index is -1.19. The van der Waals surface area contributed by atoms with Crippen LogP contribution in [0.2, 0.25) is 0 Å². The normalized spacial score (nSPS) is 17.4. The van der Waals surface area contributed by atoms with Crippen LogP contribution in [0.3, 0.4) is 0 Å². The number of hydrogen-bond donors (Lipinski definition) is 7. The summed E-state index contributed by atoms with van der Waals surface area (Å²) < 4.78 is 0. The zero-order valence-corrected chi connectivity index (χ0v) is 33.7. The zero-order valence-electron chi connectivity index (χ0n) is 33.7. The van der Waals surface area contributed by atoms with Crippen molar-refractivity contribution in [3.8, 4) is 5.75 Å². The number of hydrogen-bond acceptors (Lipinski definition) is 11. The van der Waals surface area contributed by atoms with E-state index in [0.717, 1.165) is 31.2 Å². The lowest BCUT2D eigenvalue weighted by Crippen LogP contribution is -2.44. The molecule has 0 spiro atoms. The number of aliphatic hydroxyl groups is 1. The van der Waals surface area contributed by atoms with Gasteiger partial charge in [-0.2, -0.15) is 0 Å². The molecule has 10 N–H and O–H groups in total. The lowest BCUT2D eigenvalue weighted by atomic mass is 9.78. The Morgan fingerprint density at radius 3 is 2.23 bits per heavy atom. The van der Waals surface area contributed by atoms with Crippen molar-refractivity contribution in [2.75, 3.05) is 0 Å². The van der Waals surface area contributed by atoms with Gasteiger partial charge in [-0.3, -0.25) is 24.2 Å². The number of aromatic amines is 1. The standard InChI is InChI=1S/C43H63N7O6/c1-6-25(4)40(46)43(56)49-22-35-39(37(53)16-26(5)28-12-14-30(51)15-13-28)38(42(55)34(45)18-29-20-47-23-50-29)32(21-48-35)41(54)31(24(2)3)19-36(52)33(44)17-27-10-8-7-9-11-27/h12-15,20-21,23-27,31,33-34,36,40,51-52H,6-11,16-19,22,44-46H2,1-5H3,(H,47,50)(H,49,56)/t25-,26?,31?,33-,34-,36-,40-/m0/s1. The highest BCUT2D eigenvalue weighted by molar-refractivity contribution is 6.17. The summed E-state index contributed by atoms with van der Waals surface area (Å²) in [6.07, 6.45) is 10.4. The van der Waals surface area contributed by atoms with Gasteiger partial charge in [0.15, 0.2) is 17.3 Å². The monoisotopic (exact) mass is 773 g/mol. The van der Waals surface area contributed by atoms with Gasteiger partial charge in [-0.1, -0.05) is 85.3 Å². The van der Waals surface area contributed by atoms with Gasteiger partial charge in [0.25, 0.3) is 0 Å². The first-order valence-electron chi connectivity index (χ1n) is 20.2. The van der Waals surface area contributed by atoms with Crippen molar-refractivity contribution >= 4 is 23.3 Å². The van der Waals surface area contributed by atoms with E-state index in [9.17, 15) is 29.4 Å². The number of carbonyl (C=O) groups excluding carboxylic acids is 4. The van der Waals surface area contributed by atoms with E-state index < -0.39 is 53.4 Å². The predicted octanol–water partition coefficient (Wildman–Crippen LogP) is 5.13. The van der Waals surface area contributed by atoms with Crippen LogP contribution >= 0.6 is 0 Å². The van der Waals surface area contributed by atoms with E-state index >= 15 is 0 Å². The number of amides is 1. The first-order valence-corrected chi connectivity index (χ1v) is 20.2. The fraction of sp³-hybridized carbons (Fsp3) is 0.581. The van der Waals surface area contributed by atoms with Crippen LogP contribution in [0.4, 0.5) is 0 Å². The van der Waals surface area contributed by atoms with Crippen molar-refractivity contribution in [1.29, 1.82) is 0 Å². The Bertz CT molecular complexity index is 1760. The number of aromatic hydroxyl groups is 1. The molecule has 0 bridgehead atoms. The van der Waals surface area contributed by atoms with Crippen LogP contribution < -0.4 is 22.5 Å². The second-order valence-corrected chi connectivity index (χ2v) is 16.3. The van der Waals surface area contributed by atoms with Crippen LogP contribution in [-0.4, -0.2) is 72.7 Å². The minimum absolute atomic E-state index is 0.0218. The number of ketones is 3. The summed E-state index contributed by atoms with van der Waals surface area (Å²) in [7, 11) is 0. The first kappa shape index (κ1) is 44.4. The van der Waals surface area contributed by atoms with E-state index in [1.807, 2.05) is 34.6 Å². The summed E-state index contributed by atoms with van der Waals surface area (Å²) in [5.41, 5.74) is 20.4. The molecule has 1 saturated carbocycles. The molecule has 1 aliphatic rings. The SMILES string of the molecule is CC[C@H](C)[C@H](N)C(=O)NCc1ncc(C(=O)C(C[C@H](O)[C@@H](N)CC2CCCCC2)C(C)C)c(C(=O)[C@@H](N)Cc2c[nH]cn2)c1C(=O)CC(C)c1ccc(O)cc1. The molecular weight excluding hydrogens is 711 g/mol. The lowest BCUT2D eigenvalue weighted by molar-refractivity contribution is -0.123. The molecular formula is C43H63N7O6. The van der Waals surface area contributed by atoms with Gasteiger partial charge in [0.05, 0.1) is 48.0 Å². The van der Waals surface area contributed by atoms with Crippen LogP contribution in [0.25, 0.3) is 0 Å². The van der Waals surface area contributed by atoms with Gasteiger partial charge in [-0.05, 0) is 54.2 Å². The third-order valence-corrected chi connectivity index (χ3v) is 11.7. The number of aromatic nitrogens is 3. The highest BCUT2D eigenvalue weighted by Crippen LogP contribution is 2.33. The van der Waals surface area contributed by atoms with Crippen LogP contribution in [0.5, 0.6) is 5.75 Å². The number of benzene rings is 1. The number of nitrogens with zero attached hydrogens (tertiary/aromatic N) is 2. The first-order chi connectivity index (χ1) is 26.6. The second-order valence-electron chi connectivity index (χ2n) is 16.3. The molecule has 4 rings (SSSR count).